The first-order valence-electron chi connectivity index (χ1n) is 10.3. The van der Waals surface area contributed by atoms with Crippen LogP contribution in [-0.4, -0.2) is 30.5 Å². The Labute approximate surface area is 202 Å². The van der Waals surface area contributed by atoms with Gasteiger partial charge in [0.05, 0.1) is 6.21 Å². The summed E-state index contributed by atoms with van der Waals surface area (Å²) in [6.45, 7) is 2.09. The molecule has 0 fully saturated rings. The van der Waals surface area contributed by atoms with Gasteiger partial charge in [-0.25, -0.2) is 5.43 Å². The molecule has 0 atom stereocenters. The lowest BCUT2D eigenvalue weighted by Gasteiger charge is -2.08. The average Bonchev–Trinajstić information content (AvgIpc) is 2.84. The zero-order chi connectivity index (χ0) is 24.3. The molecule has 0 aliphatic rings. The second kappa shape index (κ2) is 12.2. The van der Waals surface area contributed by atoms with Crippen LogP contribution in [-0.2, 0) is 20.9 Å². The van der Waals surface area contributed by atoms with Crippen LogP contribution in [0, 0.1) is 6.92 Å². The maximum absolute atomic E-state index is 12.0. The molecule has 0 saturated carbocycles. The predicted molar refractivity (Wildman–Crippen MR) is 131 cm³/mol. The minimum absolute atomic E-state index is 0.113. The molecule has 0 bridgehead atoms. The largest absolute Gasteiger partial charge is 0.484 e. The molecule has 34 heavy (non-hydrogen) atoms. The Morgan fingerprint density at radius 1 is 0.971 bits per heavy atom. The van der Waals surface area contributed by atoms with Crippen LogP contribution in [0.15, 0.2) is 77.9 Å². The van der Waals surface area contributed by atoms with Gasteiger partial charge in [0.25, 0.3) is 5.91 Å². The zero-order valence-corrected chi connectivity index (χ0v) is 19.1. The third-order valence-electron chi connectivity index (χ3n) is 4.61. The van der Waals surface area contributed by atoms with Crippen molar-refractivity contribution in [3.8, 4) is 5.75 Å². The van der Waals surface area contributed by atoms with Gasteiger partial charge < -0.3 is 15.4 Å². The van der Waals surface area contributed by atoms with E-state index < -0.39 is 11.8 Å². The van der Waals surface area contributed by atoms with Crippen LogP contribution in [0.25, 0.3) is 0 Å². The van der Waals surface area contributed by atoms with Crippen LogP contribution in [0.4, 0.5) is 5.69 Å². The number of nitrogens with one attached hydrogen (secondary N) is 3. The van der Waals surface area contributed by atoms with Gasteiger partial charge in [0.15, 0.2) is 6.61 Å². The van der Waals surface area contributed by atoms with Crippen LogP contribution in [0.3, 0.4) is 0 Å². The summed E-state index contributed by atoms with van der Waals surface area (Å²) in [5.74, 6) is -1.48. The highest BCUT2D eigenvalue weighted by Gasteiger charge is 2.14. The first-order valence-corrected chi connectivity index (χ1v) is 10.7. The van der Waals surface area contributed by atoms with E-state index in [4.69, 9.17) is 16.3 Å². The number of carbonyl (C=O) groups excluding carboxylic acids is 3. The van der Waals surface area contributed by atoms with Crippen molar-refractivity contribution in [2.24, 2.45) is 5.10 Å². The summed E-state index contributed by atoms with van der Waals surface area (Å²) >= 11 is 5.88. The molecule has 0 spiro atoms. The number of amides is 3. The Hall–Kier alpha value is -4.17. The van der Waals surface area contributed by atoms with Crippen LogP contribution in [0.1, 0.15) is 16.7 Å². The number of aryl methyl sites for hydroxylation is 1. The fraction of sp³-hybridized carbons (Fsp3) is 0.120. The highest BCUT2D eigenvalue weighted by atomic mass is 35.5. The van der Waals surface area contributed by atoms with Crippen LogP contribution >= 0.6 is 11.6 Å². The first-order chi connectivity index (χ1) is 16.4. The van der Waals surface area contributed by atoms with Crippen LogP contribution < -0.4 is 20.8 Å². The van der Waals surface area contributed by atoms with Gasteiger partial charge >= 0.3 is 11.8 Å². The smallest absolute Gasteiger partial charge is 0.329 e. The summed E-state index contributed by atoms with van der Waals surface area (Å²) in [5, 5.41) is 9.61. The summed E-state index contributed by atoms with van der Waals surface area (Å²) in [4.78, 5) is 35.9. The minimum atomic E-state index is -0.910. The quantitative estimate of drug-likeness (QED) is 0.262. The molecule has 174 valence electrons. The van der Waals surface area contributed by atoms with E-state index in [1.165, 1.54) is 6.21 Å². The Bertz CT molecular complexity index is 1180. The molecule has 3 amide bonds. The molecule has 3 rings (SSSR count). The number of ether oxygens (including phenoxy) is 1. The molecule has 9 heteroatoms. The Morgan fingerprint density at radius 2 is 1.71 bits per heavy atom. The maximum atomic E-state index is 12.0. The number of anilines is 1. The van der Waals surface area contributed by atoms with E-state index in [0.717, 1.165) is 11.1 Å². The van der Waals surface area contributed by atoms with E-state index in [0.29, 0.717) is 28.6 Å². The Kier molecular flexibility index (Phi) is 8.76. The molecule has 0 aromatic heterocycles. The van der Waals surface area contributed by atoms with Crippen molar-refractivity contribution in [3.63, 3.8) is 0 Å². The van der Waals surface area contributed by atoms with Gasteiger partial charge in [0.2, 0.25) is 0 Å². The molecule has 0 saturated heterocycles. The van der Waals surface area contributed by atoms with E-state index >= 15 is 0 Å². The van der Waals surface area contributed by atoms with E-state index in [1.807, 2.05) is 30.3 Å². The van der Waals surface area contributed by atoms with E-state index in [-0.39, 0.29) is 12.5 Å². The van der Waals surface area contributed by atoms with Gasteiger partial charge in [-0.1, -0.05) is 41.9 Å². The standard InChI is InChI=1S/C25H23ClN4O4/c1-17-13-20(26)9-12-22(17)29-24(32)25(33)30-28-15-19-7-10-21(11-8-19)34-16-23(31)27-14-18-5-3-2-4-6-18/h2-13,15H,14,16H2,1H3,(H,27,31)(H,29,32)(H,30,33)/b28-15-. The number of carbonyl (C=O) groups is 3. The summed E-state index contributed by atoms with van der Waals surface area (Å²) in [5.41, 5.74) is 5.05. The zero-order valence-electron chi connectivity index (χ0n) is 18.4. The molecule has 0 radical (unpaired) electrons. The van der Waals surface area contributed by atoms with Crippen molar-refractivity contribution in [3.05, 3.63) is 94.5 Å². The fourth-order valence-corrected chi connectivity index (χ4v) is 3.04. The number of rotatable bonds is 8. The molecule has 0 unspecified atom stereocenters. The maximum Gasteiger partial charge on any atom is 0.329 e. The Morgan fingerprint density at radius 3 is 2.41 bits per heavy atom. The summed E-state index contributed by atoms with van der Waals surface area (Å²) in [7, 11) is 0. The summed E-state index contributed by atoms with van der Waals surface area (Å²) in [6.07, 6.45) is 1.38. The minimum Gasteiger partial charge on any atom is -0.484 e. The summed E-state index contributed by atoms with van der Waals surface area (Å²) in [6, 6.07) is 21.2. The molecular formula is C25H23ClN4O4. The number of hydrogen-bond donors (Lipinski definition) is 3. The topological polar surface area (TPSA) is 109 Å². The normalized spacial score (nSPS) is 10.5. The number of benzene rings is 3. The van der Waals surface area contributed by atoms with Crippen molar-refractivity contribution < 1.29 is 19.1 Å². The van der Waals surface area contributed by atoms with Crippen molar-refractivity contribution in [2.45, 2.75) is 13.5 Å². The number of hydrogen-bond acceptors (Lipinski definition) is 5. The highest BCUT2D eigenvalue weighted by molar-refractivity contribution is 6.39. The predicted octanol–water partition coefficient (Wildman–Crippen LogP) is 3.43. The molecule has 0 aliphatic heterocycles. The average molecular weight is 479 g/mol. The molecule has 0 heterocycles. The molecule has 3 aromatic rings. The van der Waals surface area contributed by atoms with Gasteiger partial charge in [0.1, 0.15) is 5.75 Å². The van der Waals surface area contributed by atoms with Gasteiger partial charge in [-0.3, -0.25) is 14.4 Å². The van der Waals surface area contributed by atoms with Crippen LogP contribution in [0.5, 0.6) is 5.75 Å². The van der Waals surface area contributed by atoms with Crippen molar-refractivity contribution >= 4 is 41.2 Å². The van der Waals surface area contributed by atoms with Gasteiger partial charge in [0, 0.05) is 17.3 Å². The van der Waals surface area contributed by atoms with Crippen LogP contribution in [0.2, 0.25) is 5.02 Å². The Balaban J connectivity index is 1.41. The van der Waals surface area contributed by atoms with Gasteiger partial charge in [-0.05, 0) is 66.1 Å². The lowest BCUT2D eigenvalue weighted by molar-refractivity contribution is -0.136. The first kappa shape index (κ1) is 24.5. The summed E-state index contributed by atoms with van der Waals surface area (Å²) < 4.78 is 5.47. The number of halogens is 1. The monoisotopic (exact) mass is 478 g/mol. The van der Waals surface area contributed by atoms with Gasteiger partial charge in [-0.2, -0.15) is 5.10 Å². The van der Waals surface area contributed by atoms with Gasteiger partial charge in [-0.15, -0.1) is 0 Å². The molecule has 8 nitrogen and oxygen atoms in total. The lowest BCUT2D eigenvalue weighted by Crippen LogP contribution is -2.32. The molecule has 0 aliphatic carbocycles. The van der Waals surface area contributed by atoms with E-state index in [2.05, 4.69) is 21.2 Å². The number of hydrazone groups is 1. The molecule has 3 aromatic carbocycles. The van der Waals surface area contributed by atoms with E-state index in [9.17, 15) is 14.4 Å². The van der Waals surface area contributed by atoms with E-state index in [1.54, 1.807) is 49.4 Å². The third-order valence-corrected chi connectivity index (χ3v) is 4.84. The van der Waals surface area contributed by atoms with Crippen molar-refractivity contribution in [2.75, 3.05) is 11.9 Å². The fourth-order valence-electron chi connectivity index (χ4n) is 2.81. The second-order valence-electron chi connectivity index (χ2n) is 7.23. The second-order valence-corrected chi connectivity index (χ2v) is 7.67. The molecular weight excluding hydrogens is 456 g/mol. The van der Waals surface area contributed by atoms with Crippen molar-refractivity contribution in [1.29, 1.82) is 0 Å². The van der Waals surface area contributed by atoms with Crippen molar-refractivity contribution in [1.82, 2.24) is 10.7 Å². The molecule has 3 N–H and O–H groups in total. The lowest BCUT2D eigenvalue weighted by atomic mass is 10.2. The third kappa shape index (κ3) is 7.75. The number of nitrogens with zero attached hydrogens (tertiary/aromatic N) is 1. The SMILES string of the molecule is Cc1cc(Cl)ccc1NC(=O)C(=O)N/N=C\c1ccc(OCC(=O)NCc2ccccc2)cc1. The highest BCUT2D eigenvalue weighted by Crippen LogP contribution is 2.19.